The number of benzene rings is 1. The minimum atomic E-state index is -0.370. The van der Waals surface area contributed by atoms with Gasteiger partial charge in [0.2, 0.25) is 0 Å². The summed E-state index contributed by atoms with van der Waals surface area (Å²) >= 11 is 13.0. The second-order valence-corrected chi connectivity index (χ2v) is 6.23. The average molecular weight is 310 g/mol. The lowest BCUT2D eigenvalue weighted by Gasteiger charge is -2.24. The van der Waals surface area contributed by atoms with Gasteiger partial charge >= 0.3 is 0 Å². The van der Waals surface area contributed by atoms with Gasteiger partial charge in [0.25, 0.3) is 0 Å². The fraction of sp³-hybridized carbons (Fsp3) is 0.154. The summed E-state index contributed by atoms with van der Waals surface area (Å²) in [7, 11) is 0. The molecule has 1 atom stereocenters. The highest BCUT2D eigenvalue weighted by Gasteiger charge is 2.38. The van der Waals surface area contributed by atoms with E-state index < -0.39 is 0 Å². The molecule has 0 bridgehead atoms. The molecule has 98 valence electrons. The average Bonchev–Trinajstić information content (AvgIpc) is 2.99. The largest absolute Gasteiger partial charge is 0.337 e. The molecule has 1 saturated heterocycles. The zero-order chi connectivity index (χ0) is 13.5. The number of nitrogens with one attached hydrogen (secondary N) is 2. The van der Waals surface area contributed by atoms with Crippen molar-refractivity contribution < 1.29 is 0 Å². The third-order valence-corrected chi connectivity index (χ3v) is 4.62. The minimum Gasteiger partial charge on any atom is -0.337 e. The van der Waals surface area contributed by atoms with Crippen LogP contribution in [0.3, 0.4) is 0 Å². The molecule has 1 aromatic carbocycles. The Morgan fingerprint density at radius 3 is 2.63 bits per heavy atom. The van der Waals surface area contributed by atoms with Crippen LogP contribution in [0.2, 0.25) is 5.02 Å². The Morgan fingerprint density at radius 1 is 1.26 bits per heavy atom. The summed E-state index contributed by atoms with van der Waals surface area (Å²) in [5, 5.41) is 8.60. The lowest BCUT2D eigenvalue weighted by molar-refractivity contribution is 0.398. The Hall–Kier alpha value is -1.14. The van der Waals surface area contributed by atoms with Gasteiger partial charge in [-0.25, -0.2) is 5.01 Å². The van der Waals surface area contributed by atoms with Crippen molar-refractivity contribution in [1.29, 1.82) is 0 Å². The van der Waals surface area contributed by atoms with Crippen molar-refractivity contribution in [2.45, 2.75) is 12.6 Å². The fourth-order valence-corrected chi connectivity index (χ4v) is 3.30. The molecule has 1 aromatic heterocycles. The Morgan fingerprint density at radius 2 is 2.00 bits per heavy atom. The summed E-state index contributed by atoms with van der Waals surface area (Å²) in [5.74, 6) is 0. The summed E-state index contributed by atoms with van der Waals surface area (Å²) in [4.78, 5) is 1.19. The van der Waals surface area contributed by atoms with Crippen molar-refractivity contribution >= 4 is 46.0 Å². The first-order chi connectivity index (χ1) is 9.08. The normalized spacial score (nSPS) is 22.6. The van der Waals surface area contributed by atoms with Gasteiger partial charge in [0.05, 0.1) is 5.69 Å². The molecule has 0 radical (unpaired) electrons. The van der Waals surface area contributed by atoms with Crippen LogP contribution in [0.5, 0.6) is 0 Å². The molecule has 1 aliphatic rings. The SMILES string of the molecule is CC1(c2cccs2)NC(=S)N(c2ccc(Cl)cc2)N1. The standard InChI is InChI=1S/C13H12ClN3S2/c1-13(11-3-2-8-19-11)15-12(18)17(16-13)10-6-4-9(14)5-7-10/h2-8,16H,1H3,(H,15,18). The molecule has 2 aromatic rings. The summed E-state index contributed by atoms with van der Waals surface area (Å²) < 4.78 is 0. The fourth-order valence-electron chi connectivity index (χ4n) is 2.02. The molecule has 0 amide bonds. The van der Waals surface area contributed by atoms with Crippen molar-refractivity contribution in [3.63, 3.8) is 0 Å². The summed E-state index contributed by atoms with van der Waals surface area (Å²) in [5.41, 5.74) is 3.99. The van der Waals surface area contributed by atoms with Gasteiger partial charge < -0.3 is 5.32 Å². The number of hydrogen-bond donors (Lipinski definition) is 2. The maximum atomic E-state index is 5.91. The van der Waals surface area contributed by atoms with Gasteiger partial charge in [-0.1, -0.05) is 17.7 Å². The molecule has 0 spiro atoms. The first-order valence-electron chi connectivity index (χ1n) is 5.78. The maximum Gasteiger partial charge on any atom is 0.190 e. The third-order valence-electron chi connectivity index (χ3n) is 2.99. The maximum absolute atomic E-state index is 5.91. The van der Waals surface area contributed by atoms with Crippen LogP contribution in [-0.2, 0) is 5.66 Å². The number of thiocarbonyl (C=S) groups is 1. The number of nitrogens with zero attached hydrogens (tertiary/aromatic N) is 1. The molecule has 6 heteroatoms. The lowest BCUT2D eigenvalue weighted by Crippen LogP contribution is -2.45. The van der Waals surface area contributed by atoms with Crippen molar-refractivity contribution in [3.05, 3.63) is 51.7 Å². The van der Waals surface area contributed by atoms with Gasteiger partial charge in [-0.2, -0.15) is 5.43 Å². The number of hydrazine groups is 1. The van der Waals surface area contributed by atoms with E-state index >= 15 is 0 Å². The highest BCUT2D eigenvalue weighted by molar-refractivity contribution is 7.80. The van der Waals surface area contributed by atoms with Crippen LogP contribution in [-0.4, -0.2) is 5.11 Å². The molecule has 19 heavy (non-hydrogen) atoms. The lowest BCUT2D eigenvalue weighted by atomic mass is 10.2. The summed E-state index contributed by atoms with van der Waals surface area (Å²) in [6, 6.07) is 11.7. The highest BCUT2D eigenvalue weighted by atomic mass is 35.5. The molecular weight excluding hydrogens is 298 g/mol. The van der Waals surface area contributed by atoms with E-state index in [1.54, 1.807) is 11.3 Å². The van der Waals surface area contributed by atoms with Crippen LogP contribution >= 0.6 is 35.2 Å². The number of thiophene rings is 1. The monoisotopic (exact) mass is 309 g/mol. The summed E-state index contributed by atoms with van der Waals surface area (Å²) in [6.07, 6.45) is 0. The predicted molar refractivity (Wildman–Crippen MR) is 84.5 cm³/mol. The van der Waals surface area contributed by atoms with E-state index in [0.717, 1.165) is 5.69 Å². The van der Waals surface area contributed by atoms with Gasteiger partial charge in [0.15, 0.2) is 5.11 Å². The van der Waals surface area contributed by atoms with Gasteiger partial charge in [0, 0.05) is 9.90 Å². The smallest absolute Gasteiger partial charge is 0.190 e. The number of rotatable bonds is 2. The van der Waals surface area contributed by atoms with Crippen molar-refractivity contribution in [3.8, 4) is 0 Å². The zero-order valence-electron chi connectivity index (χ0n) is 10.2. The molecule has 2 N–H and O–H groups in total. The number of anilines is 1. The van der Waals surface area contributed by atoms with Crippen LogP contribution in [0.1, 0.15) is 11.8 Å². The molecule has 1 fully saturated rings. The Labute approximate surface area is 126 Å². The highest BCUT2D eigenvalue weighted by Crippen LogP contribution is 2.29. The van der Waals surface area contributed by atoms with Crippen molar-refractivity contribution in [2.24, 2.45) is 0 Å². The van der Waals surface area contributed by atoms with Crippen LogP contribution in [0, 0.1) is 0 Å². The predicted octanol–water partition coefficient (Wildman–Crippen LogP) is 3.47. The number of halogens is 1. The van der Waals surface area contributed by atoms with Crippen LogP contribution in [0.15, 0.2) is 41.8 Å². The Bertz CT molecular complexity index is 597. The first-order valence-corrected chi connectivity index (χ1v) is 7.45. The molecule has 2 heterocycles. The van der Waals surface area contributed by atoms with Gasteiger partial charge in [0.1, 0.15) is 5.66 Å². The van der Waals surface area contributed by atoms with Crippen molar-refractivity contribution in [2.75, 3.05) is 5.01 Å². The quantitative estimate of drug-likeness (QED) is 0.831. The van der Waals surface area contributed by atoms with E-state index in [1.165, 1.54) is 4.88 Å². The summed E-state index contributed by atoms with van der Waals surface area (Å²) in [6.45, 7) is 2.07. The Kier molecular flexibility index (Phi) is 3.22. The van der Waals surface area contributed by atoms with Crippen LogP contribution in [0.25, 0.3) is 0 Å². The van der Waals surface area contributed by atoms with E-state index in [9.17, 15) is 0 Å². The molecule has 1 unspecified atom stereocenters. The second kappa shape index (κ2) is 4.76. The van der Waals surface area contributed by atoms with Gasteiger partial charge in [-0.05, 0) is 54.9 Å². The molecule has 0 saturated carbocycles. The number of hydrogen-bond acceptors (Lipinski definition) is 3. The second-order valence-electron chi connectivity index (χ2n) is 4.46. The van der Waals surface area contributed by atoms with E-state index in [4.69, 9.17) is 23.8 Å². The van der Waals surface area contributed by atoms with Crippen LogP contribution in [0.4, 0.5) is 5.69 Å². The molecule has 1 aliphatic heterocycles. The van der Waals surface area contributed by atoms with E-state index in [0.29, 0.717) is 10.1 Å². The molecule has 0 aliphatic carbocycles. The van der Waals surface area contributed by atoms with Gasteiger partial charge in [-0.3, -0.25) is 0 Å². The van der Waals surface area contributed by atoms with Gasteiger partial charge in [-0.15, -0.1) is 11.3 Å². The molecule has 3 nitrogen and oxygen atoms in total. The third kappa shape index (κ3) is 2.34. The zero-order valence-corrected chi connectivity index (χ0v) is 12.6. The topological polar surface area (TPSA) is 27.3 Å². The van der Waals surface area contributed by atoms with Crippen LogP contribution < -0.4 is 15.8 Å². The molecular formula is C13H12ClN3S2. The molecule has 3 rings (SSSR count). The van der Waals surface area contributed by atoms with E-state index in [-0.39, 0.29) is 5.66 Å². The van der Waals surface area contributed by atoms with E-state index in [2.05, 4.69) is 29.1 Å². The van der Waals surface area contributed by atoms with E-state index in [1.807, 2.05) is 35.3 Å². The first kappa shape index (κ1) is 12.9. The van der Waals surface area contributed by atoms with Crippen molar-refractivity contribution in [1.82, 2.24) is 10.7 Å². The minimum absolute atomic E-state index is 0.370. The Balaban J connectivity index is 1.90.